The SMILES string of the molecule is c1ccc2c(c1)C1c3ccccc3C2c2c(-c3nnc(-c4cccc5c4C4c6ccccc6C5c5ccccc54)nn3)cccc21. The van der Waals surface area contributed by atoms with Gasteiger partial charge in [-0.3, -0.25) is 0 Å². The summed E-state index contributed by atoms with van der Waals surface area (Å²) in [5.41, 5.74) is 18.3. The molecule has 6 aromatic carbocycles. The van der Waals surface area contributed by atoms with Crippen molar-refractivity contribution in [3.8, 4) is 22.8 Å². The minimum Gasteiger partial charge on any atom is -0.126 e. The average Bonchev–Trinajstić information content (AvgIpc) is 3.14. The van der Waals surface area contributed by atoms with Crippen molar-refractivity contribution in [3.05, 3.63) is 200 Å². The molecule has 214 valence electrons. The van der Waals surface area contributed by atoms with Crippen LogP contribution in [0.3, 0.4) is 0 Å². The fourth-order valence-electron chi connectivity index (χ4n) is 9.26. The summed E-state index contributed by atoms with van der Waals surface area (Å²) in [4.78, 5) is 0. The van der Waals surface area contributed by atoms with Crippen LogP contribution in [0.4, 0.5) is 0 Å². The fraction of sp³-hybridized carbons (Fsp3) is 0.0952. The highest BCUT2D eigenvalue weighted by Gasteiger charge is 2.44. The Morgan fingerprint density at radius 3 is 0.826 bits per heavy atom. The van der Waals surface area contributed by atoms with Gasteiger partial charge in [0.15, 0.2) is 0 Å². The lowest BCUT2D eigenvalue weighted by Crippen LogP contribution is -2.28. The molecule has 0 saturated heterocycles. The summed E-state index contributed by atoms with van der Waals surface area (Å²) < 4.78 is 0. The quantitative estimate of drug-likeness (QED) is 0.204. The van der Waals surface area contributed by atoms with E-state index in [1.54, 1.807) is 0 Å². The Kier molecular flexibility index (Phi) is 4.76. The first-order valence-corrected chi connectivity index (χ1v) is 16.1. The van der Waals surface area contributed by atoms with E-state index in [-0.39, 0.29) is 23.7 Å². The van der Waals surface area contributed by atoms with E-state index in [0.717, 1.165) is 11.1 Å². The Bertz CT molecular complexity index is 2150. The molecule has 0 atom stereocenters. The summed E-state index contributed by atoms with van der Waals surface area (Å²) in [6.07, 6.45) is 0. The zero-order valence-electron chi connectivity index (χ0n) is 24.8. The lowest BCUT2D eigenvalue weighted by molar-refractivity contribution is 0.749. The minimum atomic E-state index is 0.128. The second-order valence-corrected chi connectivity index (χ2v) is 12.9. The van der Waals surface area contributed by atoms with Gasteiger partial charge in [0.1, 0.15) is 0 Å². The van der Waals surface area contributed by atoms with Crippen molar-refractivity contribution >= 4 is 0 Å². The van der Waals surface area contributed by atoms with Crippen LogP contribution in [0.25, 0.3) is 22.8 Å². The van der Waals surface area contributed by atoms with Gasteiger partial charge in [-0.05, 0) is 66.8 Å². The van der Waals surface area contributed by atoms with Crippen molar-refractivity contribution < 1.29 is 0 Å². The van der Waals surface area contributed by atoms with Crippen molar-refractivity contribution in [3.63, 3.8) is 0 Å². The molecule has 7 aromatic rings. The topological polar surface area (TPSA) is 51.6 Å². The summed E-state index contributed by atoms with van der Waals surface area (Å²) in [5.74, 6) is 1.80. The fourth-order valence-corrected chi connectivity index (χ4v) is 9.26. The summed E-state index contributed by atoms with van der Waals surface area (Å²) in [5, 5.41) is 19.2. The van der Waals surface area contributed by atoms with Gasteiger partial charge in [0.2, 0.25) is 11.6 Å². The second-order valence-electron chi connectivity index (χ2n) is 12.9. The summed E-state index contributed by atoms with van der Waals surface area (Å²) in [6.45, 7) is 0. The lowest BCUT2D eigenvalue weighted by atomic mass is 9.60. The number of nitrogens with zero attached hydrogens (tertiary/aromatic N) is 4. The normalized spacial score (nSPS) is 20.2. The smallest absolute Gasteiger partial charge is 0.126 e. The molecule has 0 spiro atoms. The highest BCUT2D eigenvalue weighted by molar-refractivity contribution is 5.78. The van der Waals surface area contributed by atoms with Crippen LogP contribution < -0.4 is 0 Å². The molecule has 0 amide bonds. The number of aromatic nitrogens is 4. The molecule has 4 bridgehead atoms. The van der Waals surface area contributed by atoms with E-state index in [4.69, 9.17) is 20.4 Å². The maximum absolute atomic E-state index is 4.80. The van der Waals surface area contributed by atoms with E-state index in [1.165, 1.54) is 66.8 Å². The Hall–Kier alpha value is -5.74. The Labute approximate surface area is 266 Å². The predicted octanol–water partition coefficient (Wildman–Crippen LogP) is 8.58. The van der Waals surface area contributed by atoms with E-state index in [2.05, 4.69) is 133 Å². The highest BCUT2D eigenvalue weighted by Crippen LogP contribution is 2.59. The molecule has 0 N–H and O–H groups in total. The van der Waals surface area contributed by atoms with E-state index < -0.39 is 0 Å². The molecule has 6 aliphatic rings. The number of benzene rings is 6. The Balaban J connectivity index is 1.05. The van der Waals surface area contributed by atoms with E-state index >= 15 is 0 Å². The first-order valence-electron chi connectivity index (χ1n) is 16.1. The molecule has 0 unspecified atom stereocenters. The minimum absolute atomic E-state index is 0.128. The molecule has 4 heteroatoms. The molecule has 4 nitrogen and oxygen atoms in total. The average molecular weight is 587 g/mol. The molecule has 13 rings (SSSR count). The molecule has 1 heterocycles. The highest BCUT2D eigenvalue weighted by atomic mass is 15.3. The monoisotopic (exact) mass is 586 g/mol. The maximum Gasteiger partial charge on any atom is 0.203 e. The first kappa shape index (κ1) is 24.6. The van der Waals surface area contributed by atoms with Crippen LogP contribution in [-0.4, -0.2) is 20.4 Å². The van der Waals surface area contributed by atoms with E-state index in [9.17, 15) is 0 Å². The zero-order valence-corrected chi connectivity index (χ0v) is 24.8. The third-order valence-electron chi connectivity index (χ3n) is 10.9. The van der Waals surface area contributed by atoms with Gasteiger partial charge in [-0.15, -0.1) is 20.4 Å². The molecular formula is C42H26N4. The van der Waals surface area contributed by atoms with Gasteiger partial charge in [0.05, 0.1) is 0 Å². The molecule has 0 saturated carbocycles. The first-order chi connectivity index (χ1) is 22.9. The number of hydrogen-bond donors (Lipinski definition) is 0. The van der Waals surface area contributed by atoms with Crippen LogP contribution in [0.2, 0.25) is 0 Å². The van der Waals surface area contributed by atoms with Crippen LogP contribution in [0.5, 0.6) is 0 Å². The summed E-state index contributed by atoms with van der Waals surface area (Å²) >= 11 is 0. The maximum atomic E-state index is 4.80. The van der Waals surface area contributed by atoms with Gasteiger partial charge in [0, 0.05) is 34.8 Å². The molecular weight excluding hydrogens is 560 g/mol. The standard InChI is InChI=1S/C42H26N4/c1-5-15-27-23(11-1)35-24-12-2-6-16-28(24)37(27)39-31(35)19-9-21-33(39)41-43-45-42(46-44-41)34-22-10-20-32-36-25-13-3-7-17-29(25)38(40(32)34)30-18-8-4-14-26(30)36/h1-22,35-38H. The van der Waals surface area contributed by atoms with Crippen LogP contribution in [0.1, 0.15) is 90.4 Å². The van der Waals surface area contributed by atoms with E-state index in [0.29, 0.717) is 11.6 Å². The molecule has 0 radical (unpaired) electrons. The Morgan fingerprint density at radius 2 is 0.522 bits per heavy atom. The van der Waals surface area contributed by atoms with Crippen molar-refractivity contribution in [2.24, 2.45) is 0 Å². The van der Waals surface area contributed by atoms with Crippen LogP contribution in [0.15, 0.2) is 133 Å². The van der Waals surface area contributed by atoms with Crippen molar-refractivity contribution in [2.75, 3.05) is 0 Å². The Morgan fingerprint density at radius 1 is 0.261 bits per heavy atom. The number of rotatable bonds is 2. The van der Waals surface area contributed by atoms with Crippen LogP contribution in [-0.2, 0) is 0 Å². The van der Waals surface area contributed by atoms with Crippen LogP contribution in [0, 0.1) is 0 Å². The van der Waals surface area contributed by atoms with Gasteiger partial charge >= 0.3 is 0 Å². The number of hydrogen-bond acceptors (Lipinski definition) is 4. The largest absolute Gasteiger partial charge is 0.203 e. The zero-order chi connectivity index (χ0) is 29.9. The summed E-state index contributed by atoms with van der Waals surface area (Å²) in [7, 11) is 0. The molecule has 46 heavy (non-hydrogen) atoms. The van der Waals surface area contributed by atoms with Gasteiger partial charge < -0.3 is 0 Å². The van der Waals surface area contributed by atoms with Gasteiger partial charge in [-0.2, -0.15) is 0 Å². The molecule has 1 aromatic heterocycles. The second kappa shape index (κ2) is 8.92. The van der Waals surface area contributed by atoms with Crippen molar-refractivity contribution in [2.45, 2.75) is 23.7 Å². The van der Waals surface area contributed by atoms with Crippen molar-refractivity contribution in [1.29, 1.82) is 0 Å². The third-order valence-corrected chi connectivity index (χ3v) is 10.9. The van der Waals surface area contributed by atoms with Crippen molar-refractivity contribution in [1.82, 2.24) is 20.4 Å². The summed E-state index contributed by atoms with van der Waals surface area (Å²) in [6, 6.07) is 48.7. The van der Waals surface area contributed by atoms with Gasteiger partial charge in [-0.25, -0.2) is 0 Å². The van der Waals surface area contributed by atoms with E-state index in [1.807, 2.05) is 0 Å². The predicted molar refractivity (Wildman–Crippen MR) is 178 cm³/mol. The van der Waals surface area contributed by atoms with Gasteiger partial charge in [0.25, 0.3) is 0 Å². The van der Waals surface area contributed by atoms with Crippen LogP contribution >= 0.6 is 0 Å². The molecule has 0 aliphatic heterocycles. The molecule has 6 aliphatic carbocycles. The molecule has 0 fully saturated rings. The third kappa shape index (κ3) is 3.04. The lowest BCUT2D eigenvalue weighted by Gasteiger charge is -2.43. The van der Waals surface area contributed by atoms with Gasteiger partial charge in [-0.1, -0.05) is 133 Å².